The molecular weight excluding hydrogens is 266 g/mol. The number of carboxylic acid groups (broad SMARTS) is 1. The number of likely N-dealkylation sites (tertiary alicyclic amines) is 1. The largest absolute Gasteiger partial charge is 0.480 e. The fourth-order valence-corrected chi connectivity index (χ4v) is 4.07. The van der Waals surface area contributed by atoms with Crippen molar-refractivity contribution in [3.05, 3.63) is 0 Å². The molecule has 0 aromatic rings. The summed E-state index contributed by atoms with van der Waals surface area (Å²) in [6.07, 6.45) is 8.97. The molecule has 1 aliphatic heterocycles. The van der Waals surface area contributed by atoms with Crippen LogP contribution in [0.2, 0.25) is 0 Å². The van der Waals surface area contributed by atoms with Crippen LogP contribution in [0, 0.1) is 11.8 Å². The molecule has 1 heterocycles. The highest BCUT2D eigenvalue weighted by Gasteiger charge is 2.30. The maximum atomic E-state index is 10.5. The van der Waals surface area contributed by atoms with Gasteiger partial charge < -0.3 is 14.7 Å². The molecule has 21 heavy (non-hydrogen) atoms. The lowest BCUT2D eigenvalue weighted by molar-refractivity contribution is -0.145. The van der Waals surface area contributed by atoms with Crippen molar-refractivity contribution in [1.29, 1.82) is 0 Å². The van der Waals surface area contributed by atoms with Crippen molar-refractivity contribution in [2.75, 3.05) is 19.7 Å². The molecule has 0 spiro atoms. The smallest absolute Gasteiger partial charge is 0.329 e. The standard InChI is InChI=1S/C17H31NO3/c1-13(2)10-14-4-3-5-15(11-14)18-8-6-16(7-9-18)21-12-17(19)20/h13-16H,3-12H2,1-2H3,(H,19,20). The van der Waals surface area contributed by atoms with Crippen LogP contribution in [0.1, 0.15) is 58.8 Å². The van der Waals surface area contributed by atoms with Crippen molar-refractivity contribution in [3.63, 3.8) is 0 Å². The average molecular weight is 297 g/mol. The van der Waals surface area contributed by atoms with Crippen LogP contribution in [0.5, 0.6) is 0 Å². The van der Waals surface area contributed by atoms with Gasteiger partial charge in [0.2, 0.25) is 0 Å². The van der Waals surface area contributed by atoms with Crippen LogP contribution in [0.15, 0.2) is 0 Å². The van der Waals surface area contributed by atoms with E-state index in [1.807, 2.05) is 0 Å². The number of ether oxygens (including phenoxy) is 1. The molecule has 1 aliphatic carbocycles. The van der Waals surface area contributed by atoms with Gasteiger partial charge in [-0.3, -0.25) is 0 Å². The summed E-state index contributed by atoms with van der Waals surface area (Å²) in [6.45, 7) is 6.65. The normalized spacial score (nSPS) is 28.9. The molecule has 1 saturated carbocycles. The lowest BCUT2D eigenvalue weighted by atomic mass is 9.80. The Morgan fingerprint density at radius 1 is 1.24 bits per heavy atom. The maximum Gasteiger partial charge on any atom is 0.329 e. The predicted molar refractivity (Wildman–Crippen MR) is 83.4 cm³/mol. The van der Waals surface area contributed by atoms with Crippen LogP contribution in [0.25, 0.3) is 0 Å². The number of piperidine rings is 1. The van der Waals surface area contributed by atoms with Crippen LogP contribution < -0.4 is 0 Å². The van der Waals surface area contributed by atoms with Crippen molar-refractivity contribution in [1.82, 2.24) is 4.90 Å². The number of carbonyl (C=O) groups is 1. The van der Waals surface area contributed by atoms with Crippen LogP contribution in [-0.4, -0.2) is 47.8 Å². The van der Waals surface area contributed by atoms with Crippen LogP contribution in [-0.2, 0) is 9.53 Å². The summed E-state index contributed by atoms with van der Waals surface area (Å²) in [5.41, 5.74) is 0. The number of hydrogen-bond acceptors (Lipinski definition) is 3. The zero-order valence-corrected chi connectivity index (χ0v) is 13.6. The summed E-state index contributed by atoms with van der Waals surface area (Å²) >= 11 is 0. The topological polar surface area (TPSA) is 49.8 Å². The fourth-order valence-electron chi connectivity index (χ4n) is 4.07. The highest BCUT2D eigenvalue weighted by atomic mass is 16.5. The van der Waals surface area contributed by atoms with Gasteiger partial charge in [0.25, 0.3) is 0 Å². The quantitative estimate of drug-likeness (QED) is 0.818. The Morgan fingerprint density at radius 2 is 1.95 bits per heavy atom. The molecule has 0 aromatic heterocycles. The van der Waals surface area contributed by atoms with Gasteiger partial charge in [0.1, 0.15) is 6.61 Å². The SMILES string of the molecule is CC(C)CC1CCCC(N2CCC(OCC(=O)O)CC2)C1. The lowest BCUT2D eigenvalue weighted by Crippen LogP contribution is -2.45. The Balaban J connectivity index is 1.72. The van der Waals surface area contributed by atoms with E-state index in [1.165, 1.54) is 32.1 Å². The molecule has 2 unspecified atom stereocenters. The van der Waals surface area contributed by atoms with E-state index in [1.54, 1.807) is 0 Å². The van der Waals surface area contributed by atoms with Crippen LogP contribution in [0.3, 0.4) is 0 Å². The third-order valence-corrected chi connectivity index (χ3v) is 5.00. The van der Waals surface area contributed by atoms with E-state index < -0.39 is 5.97 Å². The molecule has 1 saturated heterocycles. The van der Waals surface area contributed by atoms with E-state index >= 15 is 0 Å². The molecule has 2 aliphatic rings. The van der Waals surface area contributed by atoms with E-state index in [0.29, 0.717) is 0 Å². The Morgan fingerprint density at radius 3 is 2.57 bits per heavy atom. The van der Waals surface area contributed by atoms with Crippen molar-refractivity contribution in [2.24, 2.45) is 11.8 Å². The molecule has 2 atom stereocenters. The summed E-state index contributed by atoms with van der Waals surface area (Å²) < 4.78 is 5.43. The Labute approximate surface area is 128 Å². The molecule has 0 bridgehead atoms. The molecule has 1 N–H and O–H groups in total. The second-order valence-electron chi connectivity index (χ2n) is 7.26. The first-order valence-electron chi connectivity index (χ1n) is 8.62. The molecule has 2 fully saturated rings. The molecule has 0 aromatic carbocycles. The summed E-state index contributed by atoms with van der Waals surface area (Å²) in [5, 5.41) is 8.67. The third kappa shape index (κ3) is 5.59. The van der Waals surface area contributed by atoms with Gasteiger partial charge in [-0.15, -0.1) is 0 Å². The minimum atomic E-state index is -0.860. The minimum Gasteiger partial charge on any atom is -0.480 e. The van der Waals surface area contributed by atoms with Gasteiger partial charge in [0, 0.05) is 19.1 Å². The van der Waals surface area contributed by atoms with Gasteiger partial charge in [0.15, 0.2) is 0 Å². The van der Waals surface area contributed by atoms with E-state index in [-0.39, 0.29) is 12.7 Å². The predicted octanol–water partition coefficient (Wildman–Crippen LogP) is 3.16. The van der Waals surface area contributed by atoms with Crippen molar-refractivity contribution < 1.29 is 14.6 Å². The second-order valence-corrected chi connectivity index (χ2v) is 7.26. The number of nitrogens with zero attached hydrogens (tertiary/aromatic N) is 1. The highest BCUT2D eigenvalue weighted by Crippen LogP contribution is 2.33. The Hall–Kier alpha value is -0.610. The van der Waals surface area contributed by atoms with Crippen molar-refractivity contribution in [2.45, 2.75) is 70.9 Å². The first-order chi connectivity index (χ1) is 10.0. The summed E-state index contributed by atoms with van der Waals surface area (Å²) in [6, 6.07) is 0.753. The Kier molecular flexibility index (Phi) is 6.49. The van der Waals surface area contributed by atoms with E-state index in [0.717, 1.165) is 43.8 Å². The first-order valence-corrected chi connectivity index (χ1v) is 8.62. The zero-order chi connectivity index (χ0) is 15.2. The summed E-state index contributed by atoms with van der Waals surface area (Å²) in [7, 11) is 0. The highest BCUT2D eigenvalue weighted by molar-refractivity contribution is 5.68. The van der Waals surface area contributed by atoms with Crippen LogP contribution in [0.4, 0.5) is 0 Å². The average Bonchev–Trinajstić information content (AvgIpc) is 2.45. The molecule has 4 heteroatoms. The minimum absolute atomic E-state index is 0.146. The van der Waals surface area contributed by atoms with Gasteiger partial charge in [0.05, 0.1) is 6.10 Å². The maximum absolute atomic E-state index is 10.5. The third-order valence-electron chi connectivity index (χ3n) is 5.00. The zero-order valence-electron chi connectivity index (χ0n) is 13.6. The van der Waals surface area contributed by atoms with Crippen molar-refractivity contribution in [3.8, 4) is 0 Å². The van der Waals surface area contributed by atoms with Gasteiger partial charge in [-0.2, -0.15) is 0 Å². The van der Waals surface area contributed by atoms with E-state index in [2.05, 4.69) is 18.7 Å². The molecule has 122 valence electrons. The summed E-state index contributed by atoms with van der Waals surface area (Å²) in [5.74, 6) is 0.856. The molecule has 2 rings (SSSR count). The molecule has 4 nitrogen and oxygen atoms in total. The number of rotatable bonds is 6. The van der Waals surface area contributed by atoms with E-state index in [9.17, 15) is 4.79 Å². The number of carboxylic acids is 1. The first kappa shape index (κ1) is 16.8. The van der Waals surface area contributed by atoms with Crippen LogP contribution >= 0.6 is 0 Å². The summed E-state index contributed by atoms with van der Waals surface area (Å²) in [4.78, 5) is 13.2. The van der Waals surface area contributed by atoms with Gasteiger partial charge >= 0.3 is 5.97 Å². The van der Waals surface area contributed by atoms with Gasteiger partial charge in [-0.1, -0.05) is 26.7 Å². The molecule has 0 radical (unpaired) electrons. The van der Waals surface area contributed by atoms with Crippen molar-refractivity contribution >= 4 is 5.97 Å². The fraction of sp³-hybridized carbons (Fsp3) is 0.941. The van der Waals surface area contributed by atoms with Gasteiger partial charge in [-0.25, -0.2) is 4.79 Å². The Bertz CT molecular complexity index is 324. The monoisotopic (exact) mass is 297 g/mol. The molecular formula is C17H31NO3. The number of aliphatic carboxylic acids is 1. The van der Waals surface area contributed by atoms with Gasteiger partial charge in [-0.05, 0) is 43.9 Å². The molecule has 0 amide bonds. The number of hydrogen-bond donors (Lipinski definition) is 1. The lowest BCUT2D eigenvalue weighted by Gasteiger charge is -2.41. The van der Waals surface area contributed by atoms with E-state index in [4.69, 9.17) is 9.84 Å². The second kappa shape index (κ2) is 8.14.